The Kier molecular flexibility index (Phi) is 9.92. The molecular weight excluding hydrogens is 322 g/mol. The van der Waals surface area contributed by atoms with E-state index in [1.165, 1.54) is 6.21 Å². The molecule has 0 aliphatic carbocycles. The summed E-state index contributed by atoms with van der Waals surface area (Å²) in [6.07, 6.45) is 3.14. The van der Waals surface area contributed by atoms with Crippen LogP contribution in [0.4, 0.5) is 0 Å². The van der Waals surface area contributed by atoms with E-state index >= 15 is 0 Å². The monoisotopic (exact) mass is 349 g/mol. The summed E-state index contributed by atoms with van der Waals surface area (Å²) >= 11 is 0. The maximum atomic E-state index is 11.7. The molecule has 0 radical (unpaired) electrons. The van der Waals surface area contributed by atoms with E-state index in [1.807, 2.05) is 45.0 Å². The molecule has 2 N–H and O–H groups in total. The molecule has 0 spiro atoms. The Bertz CT molecular complexity index is 573. The van der Waals surface area contributed by atoms with Crippen LogP contribution in [0.25, 0.3) is 0 Å². The van der Waals surface area contributed by atoms with Gasteiger partial charge in [0.2, 0.25) is 0 Å². The topological polar surface area (TPSA) is 89.0 Å². The number of hydrogen-bond donors (Lipinski definition) is 2. The van der Waals surface area contributed by atoms with Gasteiger partial charge >= 0.3 is 11.8 Å². The van der Waals surface area contributed by atoms with Crippen LogP contribution in [0, 0.1) is 0 Å². The number of hydrazone groups is 1. The predicted octanol–water partition coefficient (Wildman–Crippen LogP) is 1.86. The number of para-hydroxylation sites is 1. The van der Waals surface area contributed by atoms with Gasteiger partial charge in [-0.1, -0.05) is 19.1 Å². The Balaban J connectivity index is 2.37. The first-order valence-corrected chi connectivity index (χ1v) is 8.49. The molecule has 1 aromatic rings. The molecule has 0 aliphatic rings. The molecule has 2 amide bonds. The zero-order valence-electron chi connectivity index (χ0n) is 15.1. The van der Waals surface area contributed by atoms with Crippen LogP contribution in [0.5, 0.6) is 5.75 Å². The molecule has 0 bridgehead atoms. The Morgan fingerprint density at radius 3 is 2.68 bits per heavy atom. The highest BCUT2D eigenvalue weighted by atomic mass is 16.5. The normalized spacial score (nSPS) is 10.9. The lowest BCUT2D eigenvalue weighted by atomic mass is 10.2. The molecule has 0 saturated heterocycles. The summed E-state index contributed by atoms with van der Waals surface area (Å²) in [5, 5.41) is 6.32. The molecule has 0 atom stereocenters. The molecule has 1 aromatic carbocycles. The number of hydrogen-bond acceptors (Lipinski definition) is 5. The van der Waals surface area contributed by atoms with Gasteiger partial charge in [0.05, 0.1) is 18.9 Å². The van der Waals surface area contributed by atoms with Gasteiger partial charge in [0.25, 0.3) is 0 Å². The van der Waals surface area contributed by atoms with Gasteiger partial charge in [-0.05, 0) is 38.8 Å². The van der Waals surface area contributed by atoms with Crippen molar-refractivity contribution in [2.45, 2.75) is 39.7 Å². The zero-order valence-corrected chi connectivity index (χ0v) is 15.1. The number of nitrogens with one attached hydrogen (secondary N) is 2. The van der Waals surface area contributed by atoms with Crippen molar-refractivity contribution in [3.63, 3.8) is 0 Å². The minimum atomic E-state index is -0.812. The molecule has 0 aromatic heterocycles. The summed E-state index contributed by atoms with van der Waals surface area (Å²) in [5.41, 5.74) is 2.93. The molecule has 0 unspecified atom stereocenters. The van der Waals surface area contributed by atoms with Gasteiger partial charge in [0.1, 0.15) is 5.75 Å². The SMILES string of the molecule is CCCOc1ccccc1/C=N\NC(=O)C(=O)NCCCOC(C)C. The molecule has 1 rings (SSSR count). The van der Waals surface area contributed by atoms with Gasteiger partial charge in [0.15, 0.2) is 0 Å². The molecule has 7 nitrogen and oxygen atoms in total. The lowest BCUT2D eigenvalue weighted by Gasteiger charge is -2.08. The standard InChI is InChI=1S/C18H27N3O4/c1-4-11-25-16-9-6-5-8-15(16)13-20-21-18(23)17(22)19-10-7-12-24-14(2)3/h5-6,8-9,13-14H,4,7,10-12H2,1-3H3,(H,19,22)(H,21,23)/b20-13-. The summed E-state index contributed by atoms with van der Waals surface area (Å²) in [4.78, 5) is 23.3. The van der Waals surface area contributed by atoms with E-state index in [1.54, 1.807) is 0 Å². The van der Waals surface area contributed by atoms with E-state index in [0.29, 0.717) is 31.9 Å². The van der Waals surface area contributed by atoms with Crippen LogP contribution >= 0.6 is 0 Å². The number of amides is 2. The largest absolute Gasteiger partial charge is 0.493 e. The van der Waals surface area contributed by atoms with Crippen molar-refractivity contribution in [2.24, 2.45) is 5.10 Å². The minimum absolute atomic E-state index is 0.150. The van der Waals surface area contributed by atoms with Crippen molar-refractivity contribution in [1.82, 2.24) is 10.7 Å². The Hall–Kier alpha value is -2.41. The van der Waals surface area contributed by atoms with Crippen molar-refractivity contribution in [2.75, 3.05) is 19.8 Å². The smallest absolute Gasteiger partial charge is 0.329 e. The van der Waals surface area contributed by atoms with Crippen LogP contribution < -0.4 is 15.5 Å². The number of benzene rings is 1. The predicted molar refractivity (Wildman–Crippen MR) is 96.7 cm³/mol. The first kappa shape index (κ1) is 20.6. The molecule has 138 valence electrons. The fourth-order valence-corrected chi connectivity index (χ4v) is 1.82. The molecule has 0 fully saturated rings. The number of rotatable bonds is 10. The van der Waals surface area contributed by atoms with Crippen LogP contribution in [-0.4, -0.2) is 43.9 Å². The average molecular weight is 349 g/mol. The highest BCUT2D eigenvalue weighted by Gasteiger charge is 2.11. The summed E-state index contributed by atoms with van der Waals surface area (Å²) in [6, 6.07) is 7.34. The van der Waals surface area contributed by atoms with E-state index in [2.05, 4.69) is 15.8 Å². The Labute approximate surface area is 148 Å². The highest BCUT2D eigenvalue weighted by molar-refractivity contribution is 6.35. The Morgan fingerprint density at radius 2 is 1.96 bits per heavy atom. The molecule has 7 heteroatoms. The highest BCUT2D eigenvalue weighted by Crippen LogP contribution is 2.15. The third kappa shape index (κ3) is 8.85. The van der Waals surface area contributed by atoms with Crippen LogP contribution in [0.1, 0.15) is 39.2 Å². The first-order chi connectivity index (χ1) is 12.0. The van der Waals surface area contributed by atoms with Crippen molar-refractivity contribution < 1.29 is 19.1 Å². The summed E-state index contributed by atoms with van der Waals surface area (Å²) < 4.78 is 10.9. The second-order valence-electron chi connectivity index (χ2n) is 5.61. The zero-order chi connectivity index (χ0) is 18.5. The van der Waals surface area contributed by atoms with Crippen molar-refractivity contribution in [3.05, 3.63) is 29.8 Å². The van der Waals surface area contributed by atoms with Gasteiger partial charge in [-0.3, -0.25) is 9.59 Å². The molecule has 25 heavy (non-hydrogen) atoms. The van der Waals surface area contributed by atoms with Crippen LogP contribution in [0.2, 0.25) is 0 Å². The van der Waals surface area contributed by atoms with Crippen LogP contribution in [-0.2, 0) is 14.3 Å². The number of carbonyl (C=O) groups excluding carboxylic acids is 2. The summed E-state index contributed by atoms with van der Waals surface area (Å²) in [7, 11) is 0. The lowest BCUT2D eigenvalue weighted by molar-refractivity contribution is -0.139. The van der Waals surface area contributed by atoms with E-state index < -0.39 is 11.8 Å². The van der Waals surface area contributed by atoms with Crippen molar-refractivity contribution in [3.8, 4) is 5.75 Å². The third-order valence-corrected chi connectivity index (χ3v) is 3.01. The quantitative estimate of drug-likeness (QED) is 0.292. The lowest BCUT2D eigenvalue weighted by Crippen LogP contribution is -2.38. The molecule has 0 heterocycles. The summed E-state index contributed by atoms with van der Waals surface area (Å²) in [5.74, 6) is -0.859. The number of carbonyl (C=O) groups is 2. The van der Waals surface area contributed by atoms with E-state index in [0.717, 1.165) is 12.0 Å². The van der Waals surface area contributed by atoms with Gasteiger partial charge < -0.3 is 14.8 Å². The second-order valence-corrected chi connectivity index (χ2v) is 5.61. The molecular formula is C18H27N3O4. The Morgan fingerprint density at radius 1 is 1.20 bits per heavy atom. The molecule has 0 aliphatic heterocycles. The van der Waals surface area contributed by atoms with E-state index in [9.17, 15) is 9.59 Å². The minimum Gasteiger partial charge on any atom is -0.493 e. The maximum Gasteiger partial charge on any atom is 0.329 e. The second kappa shape index (κ2) is 12.0. The number of nitrogens with zero attached hydrogens (tertiary/aromatic N) is 1. The van der Waals surface area contributed by atoms with Gasteiger partial charge in [0, 0.05) is 18.7 Å². The van der Waals surface area contributed by atoms with Gasteiger partial charge in [-0.25, -0.2) is 5.43 Å². The fourth-order valence-electron chi connectivity index (χ4n) is 1.82. The summed E-state index contributed by atoms with van der Waals surface area (Å²) in [6.45, 7) is 7.40. The fraction of sp³-hybridized carbons (Fsp3) is 0.500. The maximum absolute atomic E-state index is 11.7. The van der Waals surface area contributed by atoms with Crippen LogP contribution in [0.15, 0.2) is 29.4 Å². The first-order valence-electron chi connectivity index (χ1n) is 8.49. The van der Waals surface area contributed by atoms with E-state index in [4.69, 9.17) is 9.47 Å². The van der Waals surface area contributed by atoms with Crippen LogP contribution in [0.3, 0.4) is 0 Å². The van der Waals surface area contributed by atoms with Crippen molar-refractivity contribution >= 4 is 18.0 Å². The van der Waals surface area contributed by atoms with Gasteiger partial charge in [-0.15, -0.1) is 0 Å². The third-order valence-electron chi connectivity index (χ3n) is 3.01. The van der Waals surface area contributed by atoms with E-state index in [-0.39, 0.29) is 6.10 Å². The molecule has 0 saturated carbocycles. The average Bonchev–Trinajstić information content (AvgIpc) is 2.60. The number of ether oxygens (including phenoxy) is 2. The van der Waals surface area contributed by atoms with Crippen molar-refractivity contribution in [1.29, 1.82) is 0 Å². The van der Waals surface area contributed by atoms with Gasteiger partial charge in [-0.2, -0.15) is 5.10 Å².